The van der Waals surface area contributed by atoms with E-state index in [0.717, 1.165) is 28.0 Å². The zero-order valence-corrected chi connectivity index (χ0v) is 21.5. The molecule has 4 aromatic rings. The molecule has 1 fully saturated rings. The van der Waals surface area contributed by atoms with Gasteiger partial charge in [0.1, 0.15) is 5.69 Å². The van der Waals surface area contributed by atoms with Crippen molar-refractivity contribution in [3.05, 3.63) is 117 Å². The first-order valence-corrected chi connectivity index (χ1v) is 12.6. The number of thiocarbonyl (C=S) groups is 1. The number of aryl methyl sites for hydroxylation is 1. The summed E-state index contributed by atoms with van der Waals surface area (Å²) in [6, 6.07) is 22.4. The number of hydrogen-bond acceptors (Lipinski definition) is 7. The van der Waals surface area contributed by atoms with Crippen LogP contribution in [-0.2, 0) is 4.79 Å². The molecule has 1 aliphatic rings. The molecule has 5 rings (SSSR count). The second-order valence-electron chi connectivity index (χ2n) is 8.34. The Labute approximate surface area is 226 Å². The van der Waals surface area contributed by atoms with Gasteiger partial charge in [0.2, 0.25) is 0 Å². The fraction of sp³-hybridized carbons (Fsp3) is 0.0370. The molecule has 1 aromatic heterocycles. The van der Waals surface area contributed by atoms with Crippen molar-refractivity contribution in [1.82, 2.24) is 20.2 Å². The van der Waals surface area contributed by atoms with E-state index in [1.165, 1.54) is 12.1 Å². The molecule has 11 heteroatoms. The van der Waals surface area contributed by atoms with E-state index in [0.29, 0.717) is 22.4 Å². The Morgan fingerprint density at radius 1 is 1.08 bits per heavy atom. The van der Waals surface area contributed by atoms with Crippen molar-refractivity contribution in [2.75, 3.05) is 0 Å². The maximum Gasteiger partial charge on any atom is 0.285 e. The smallest absolute Gasteiger partial charge is 0.267 e. The summed E-state index contributed by atoms with van der Waals surface area (Å²) < 4.78 is 1.81. The number of para-hydroxylation sites is 1. The molecule has 0 radical (unpaired) electrons. The first-order valence-electron chi connectivity index (χ1n) is 11.4. The SMILES string of the molecule is Cc1ccc(C(=O)NN2C(=O)C(=Cc3cn(-c4ccccc4)nc3-c3cccc([N+](=O)[O-])c3)SC2=S)cc1. The zero-order chi connectivity index (χ0) is 26.8. The average molecular weight is 542 g/mol. The van der Waals surface area contributed by atoms with Crippen molar-refractivity contribution in [3.8, 4) is 16.9 Å². The number of aromatic nitrogens is 2. The molecule has 1 N–H and O–H groups in total. The van der Waals surface area contributed by atoms with E-state index >= 15 is 0 Å². The van der Waals surface area contributed by atoms with Gasteiger partial charge in [-0.3, -0.25) is 25.1 Å². The van der Waals surface area contributed by atoms with Crippen LogP contribution < -0.4 is 5.43 Å². The van der Waals surface area contributed by atoms with E-state index in [2.05, 4.69) is 10.5 Å². The van der Waals surface area contributed by atoms with Crippen molar-refractivity contribution in [2.45, 2.75) is 6.92 Å². The largest absolute Gasteiger partial charge is 0.285 e. The molecule has 0 aliphatic carbocycles. The molecular weight excluding hydrogens is 522 g/mol. The first kappa shape index (κ1) is 25.1. The molecule has 0 bridgehead atoms. The lowest BCUT2D eigenvalue weighted by Crippen LogP contribution is -2.44. The molecule has 0 spiro atoms. The van der Waals surface area contributed by atoms with Crippen LogP contribution in [0.15, 0.2) is 90.0 Å². The highest BCUT2D eigenvalue weighted by Gasteiger charge is 2.34. The van der Waals surface area contributed by atoms with E-state index in [4.69, 9.17) is 12.2 Å². The van der Waals surface area contributed by atoms with Gasteiger partial charge in [-0.25, -0.2) is 4.68 Å². The van der Waals surface area contributed by atoms with E-state index in [9.17, 15) is 19.7 Å². The second-order valence-corrected chi connectivity index (χ2v) is 10.0. The first-order chi connectivity index (χ1) is 18.3. The molecule has 2 heterocycles. The van der Waals surface area contributed by atoms with Crippen molar-refractivity contribution in [3.63, 3.8) is 0 Å². The van der Waals surface area contributed by atoms with Gasteiger partial charge in [0.05, 0.1) is 15.5 Å². The van der Waals surface area contributed by atoms with Gasteiger partial charge in [-0.15, -0.1) is 0 Å². The highest BCUT2D eigenvalue weighted by Crippen LogP contribution is 2.34. The Morgan fingerprint density at radius 2 is 1.82 bits per heavy atom. The third-order valence-electron chi connectivity index (χ3n) is 5.70. The summed E-state index contributed by atoms with van der Waals surface area (Å²) in [7, 11) is 0. The number of carbonyl (C=O) groups excluding carboxylic acids is 2. The standard InChI is InChI=1S/C27H19N5O4S2/c1-17-10-12-18(13-11-17)25(33)29-31-26(34)23(38-27(31)37)15-20-16-30(21-7-3-2-4-8-21)28-24(20)19-6-5-9-22(14-19)32(35)36/h2-16H,1H3,(H,29,33). The van der Waals surface area contributed by atoms with Gasteiger partial charge in [-0.05, 0) is 49.5 Å². The third kappa shape index (κ3) is 5.10. The minimum absolute atomic E-state index is 0.0761. The Balaban J connectivity index is 1.50. The molecule has 188 valence electrons. The highest BCUT2D eigenvalue weighted by atomic mass is 32.2. The Kier molecular flexibility index (Phi) is 6.86. The summed E-state index contributed by atoms with van der Waals surface area (Å²) in [5.41, 5.74) is 6.19. The number of benzene rings is 3. The van der Waals surface area contributed by atoms with Crippen LogP contribution in [0.1, 0.15) is 21.5 Å². The number of thioether (sulfide) groups is 1. The van der Waals surface area contributed by atoms with Gasteiger partial charge in [0, 0.05) is 35.0 Å². The van der Waals surface area contributed by atoms with Crippen LogP contribution in [0.4, 0.5) is 5.69 Å². The fourth-order valence-electron chi connectivity index (χ4n) is 3.77. The van der Waals surface area contributed by atoms with E-state index in [1.807, 2.05) is 37.3 Å². The molecule has 0 unspecified atom stereocenters. The summed E-state index contributed by atoms with van der Waals surface area (Å²) in [6.07, 6.45) is 3.36. The van der Waals surface area contributed by atoms with Crippen LogP contribution in [0.25, 0.3) is 23.0 Å². The lowest BCUT2D eigenvalue weighted by atomic mass is 10.1. The number of nitrogens with one attached hydrogen (secondary N) is 1. The summed E-state index contributed by atoms with van der Waals surface area (Å²) in [6.45, 7) is 1.91. The van der Waals surface area contributed by atoms with Crippen LogP contribution in [0, 0.1) is 17.0 Å². The summed E-state index contributed by atoms with van der Waals surface area (Å²) in [5.74, 6) is -0.949. The van der Waals surface area contributed by atoms with Crippen molar-refractivity contribution >= 4 is 51.9 Å². The number of carbonyl (C=O) groups is 2. The normalized spacial score (nSPS) is 14.2. The number of rotatable bonds is 6. The van der Waals surface area contributed by atoms with Crippen molar-refractivity contribution in [1.29, 1.82) is 0 Å². The van der Waals surface area contributed by atoms with Crippen LogP contribution in [0.2, 0.25) is 0 Å². The minimum Gasteiger partial charge on any atom is -0.267 e. The van der Waals surface area contributed by atoms with Gasteiger partial charge in [0.15, 0.2) is 4.32 Å². The predicted molar refractivity (Wildman–Crippen MR) is 149 cm³/mol. The Hall–Kier alpha value is -4.61. The molecular formula is C27H19N5O4S2. The quantitative estimate of drug-likeness (QED) is 0.153. The van der Waals surface area contributed by atoms with Crippen LogP contribution in [-0.4, -0.2) is 35.8 Å². The molecule has 38 heavy (non-hydrogen) atoms. The van der Waals surface area contributed by atoms with Gasteiger partial charge in [-0.2, -0.15) is 10.1 Å². The summed E-state index contributed by atoms with van der Waals surface area (Å²) >= 11 is 6.41. The van der Waals surface area contributed by atoms with Crippen molar-refractivity contribution < 1.29 is 14.5 Å². The zero-order valence-electron chi connectivity index (χ0n) is 19.9. The highest BCUT2D eigenvalue weighted by molar-refractivity contribution is 8.26. The van der Waals surface area contributed by atoms with Crippen LogP contribution >= 0.6 is 24.0 Å². The van der Waals surface area contributed by atoms with E-state index in [1.54, 1.807) is 53.4 Å². The van der Waals surface area contributed by atoms with E-state index in [-0.39, 0.29) is 14.9 Å². The number of hydrazine groups is 1. The number of nitrogens with zero attached hydrogens (tertiary/aromatic N) is 4. The van der Waals surface area contributed by atoms with Crippen LogP contribution in [0.5, 0.6) is 0 Å². The molecule has 9 nitrogen and oxygen atoms in total. The molecule has 0 atom stereocenters. The van der Waals surface area contributed by atoms with Gasteiger partial charge >= 0.3 is 0 Å². The maximum absolute atomic E-state index is 13.2. The molecule has 1 saturated heterocycles. The predicted octanol–water partition coefficient (Wildman–Crippen LogP) is 5.30. The Morgan fingerprint density at radius 3 is 2.53 bits per heavy atom. The molecule has 2 amide bonds. The number of amides is 2. The number of hydrogen-bond donors (Lipinski definition) is 1. The monoisotopic (exact) mass is 541 g/mol. The lowest BCUT2D eigenvalue weighted by Gasteiger charge is -2.15. The molecule has 3 aromatic carbocycles. The van der Waals surface area contributed by atoms with Crippen LogP contribution in [0.3, 0.4) is 0 Å². The molecule has 0 saturated carbocycles. The second kappa shape index (κ2) is 10.4. The lowest BCUT2D eigenvalue weighted by molar-refractivity contribution is -0.384. The summed E-state index contributed by atoms with van der Waals surface area (Å²) in [5, 5.41) is 17.1. The Bertz CT molecular complexity index is 1610. The summed E-state index contributed by atoms with van der Waals surface area (Å²) in [4.78, 5) is 37.1. The number of nitro groups is 1. The molecule has 1 aliphatic heterocycles. The topological polar surface area (TPSA) is 110 Å². The van der Waals surface area contributed by atoms with Crippen molar-refractivity contribution in [2.24, 2.45) is 0 Å². The minimum atomic E-state index is -0.488. The van der Waals surface area contributed by atoms with Gasteiger partial charge in [-0.1, -0.05) is 59.8 Å². The third-order valence-corrected chi connectivity index (χ3v) is 7.00. The average Bonchev–Trinajstić information content (AvgIpc) is 3.46. The van der Waals surface area contributed by atoms with Gasteiger partial charge < -0.3 is 0 Å². The number of nitro benzene ring substituents is 1. The maximum atomic E-state index is 13.2. The number of non-ortho nitro benzene ring substituents is 1. The fourth-order valence-corrected chi connectivity index (χ4v) is 4.94. The van der Waals surface area contributed by atoms with Gasteiger partial charge in [0.25, 0.3) is 17.5 Å². The van der Waals surface area contributed by atoms with E-state index < -0.39 is 16.7 Å².